The van der Waals surface area contributed by atoms with Crippen LogP contribution in [0.25, 0.3) is 0 Å². The SMILES string of the molecule is COc1ccc(N2CCN(C3CCCN(Cc4nccn4C)C3)CC2)cc1. The molecule has 0 aliphatic carbocycles. The van der Waals surface area contributed by atoms with Gasteiger partial charge in [-0.3, -0.25) is 9.80 Å². The lowest BCUT2D eigenvalue weighted by atomic mass is 10.0. The van der Waals surface area contributed by atoms with Crippen LogP contribution in [0.4, 0.5) is 5.69 Å². The molecular formula is C21H31N5O. The first-order valence-corrected chi connectivity index (χ1v) is 10.0. The maximum absolute atomic E-state index is 5.27. The number of methoxy groups -OCH3 is 1. The zero-order valence-electron chi connectivity index (χ0n) is 16.5. The van der Waals surface area contributed by atoms with Crippen molar-refractivity contribution in [2.45, 2.75) is 25.4 Å². The molecule has 0 bridgehead atoms. The molecule has 2 saturated heterocycles. The van der Waals surface area contributed by atoms with Gasteiger partial charge in [-0.25, -0.2) is 4.98 Å². The van der Waals surface area contributed by atoms with Gasteiger partial charge in [-0.1, -0.05) is 0 Å². The first-order chi connectivity index (χ1) is 13.2. The van der Waals surface area contributed by atoms with E-state index < -0.39 is 0 Å². The molecule has 2 aliphatic heterocycles. The van der Waals surface area contributed by atoms with E-state index >= 15 is 0 Å². The summed E-state index contributed by atoms with van der Waals surface area (Å²) in [6, 6.07) is 9.13. The second kappa shape index (κ2) is 8.31. The van der Waals surface area contributed by atoms with Crippen LogP contribution in [-0.2, 0) is 13.6 Å². The lowest BCUT2D eigenvalue weighted by Crippen LogP contribution is -2.55. The molecule has 0 radical (unpaired) electrons. The van der Waals surface area contributed by atoms with Gasteiger partial charge in [-0.2, -0.15) is 0 Å². The lowest BCUT2D eigenvalue weighted by Gasteiger charge is -2.44. The summed E-state index contributed by atoms with van der Waals surface area (Å²) in [5.41, 5.74) is 1.30. The number of likely N-dealkylation sites (tertiary alicyclic amines) is 1. The number of piperidine rings is 1. The number of ether oxygens (including phenoxy) is 1. The summed E-state index contributed by atoms with van der Waals surface area (Å²) in [5, 5.41) is 0. The van der Waals surface area contributed by atoms with Crippen molar-refractivity contribution in [2.24, 2.45) is 7.05 Å². The molecule has 2 aliphatic rings. The first-order valence-electron chi connectivity index (χ1n) is 10.0. The van der Waals surface area contributed by atoms with E-state index in [0.29, 0.717) is 6.04 Å². The van der Waals surface area contributed by atoms with Gasteiger partial charge in [-0.05, 0) is 43.7 Å². The van der Waals surface area contributed by atoms with E-state index in [4.69, 9.17) is 4.74 Å². The van der Waals surface area contributed by atoms with Crippen molar-refractivity contribution in [2.75, 3.05) is 51.3 Å². The second-order valence-electron chi connectivity index (χ2n) is 7.71. The smallest absolute Gasteiger partial charge is 0.122 e. The van der Waals surface area contributed by atoms with E-state index in [1.54, 1.807) is 7.11 Å². The fourth-order valence-electron chi connectivity index (χ4n) is 4.36. The molecule has 2 aromatic rings. The number of aromatic nitrogens is 2. The number of benzene rings is 1. The average molecular weight is 370 g/mol. The summed E-state index contributed by atoms with van der Waals surface area (Å²) in [4.78, 5) is 12.3. The maximum atomic E-state index is 5.27. The molecule has 6 heteroatoms. The molecule has 0 saturated carbocycles. The van der Waals surface area contributed by atoms with E-state index in [9.17, 15) is 0 Å². The predicted octanol–water partition coefficient (Wildman–Crippen LogP) is 2.22. The van der Waals surface area contributed by atoms with Gasteiger partial charge in [-0.15, -0.1) is 0 Å². The van der Waals surface area contributed by atoms with Crippen molar-refractivity contribution in [3.05, 3.63) is 42.5 Å². The van der Waals surface area contributed by atoms with E-state index in [0.717, 1.165) is 45.0 Å². The Balaban J connectivity index is 1.30. The standard InChI is InChI=1S/C21H31N5O/c1-23-11-9-22-21(23)17-24-10-3-4-19(16-24)26-14-12-25(13-15-26)18-5-7-20(27-2)8-6-18/h5-9,11,19H,3-4,10,12-17H2,1-2H3. The van der Waals surface area contributed by atoms with Crippen molar-refractivity contribution in [3.63, 3.8) is 0 Å². The number of imidazole rings is 1. The Morgan fingerprint density at radius 2 is 1.85 bits per heavy atom. The van der Waals surface area contributed by atoms with Crippen molar-refractivity contribution < 1.29 is 4.74 Å². The Hall–Kier alpha value is -2.05. The largest absolute Gasteiger partial charge is 0.497 e. The highest BCUT2D eigenvalue weighted by molar-refractivity contribution is 5.49. The summed E-state index contributed by atoms with van der Waals surface area (Å²) < 4.78 is 7.41. The lowest BCUT2D eigenvalue weighted by molar-refractivity contribution is 0.0869. The molecule has 27 heavy (non-hydrogen) atoms. The van der Waals surface area contributed by atoms with Crippen LogP contribution in [0.2, 0.25) is 0 Å². The van der Waals surface area contributed by atoms with Gasteiger partial charge >= 0.3 is 0 Å². The molecule has 0 N–H and O–H groups in total. The summed E-state index contributed by atoms with van der Waals surface area (Å²) in [7, 11) is 3.80. The van der Waals surface area contributed by atoms with E-state index in [2.05, 4.69) is 55.6 Å². The van der Waals surface area contributed by atoms with Crippen LogP contribution in [0, 0.1) is 0 Å². The summed E-state index contributed by atoms with van der Waals surface area (Å²) in [6.07, 6.45) is 6.54. The zero-order valence-corrected chi connectivity index (χ0v) is 16.5. The number of anilines is 1. The molecule has 1 atom stereocenters. The van der Waals surface area contributed by atoms with Crippen molar-refractivity contribution in [1.29, 1.82) is 0 Å². The first kappa shape index (κ1) is 18.3. The van der Waals surface area contributed by atoms with E-state index in [-0.39, 0.29) is 0 Å². The van der Waals surface area contributed by atoms with Crippen LogP contribution in [0.1, 0.15) is 18.7 Å². The third kappa shape index (κ3) is 4.28. The van der Waals surface area contributed by atoms with E-state index in [1.165, 1.54) is 30.9 Å². The predicted molar refractivity (Wildman–Crippen MR) is 108 cm³/mol. The monoisotopic (exact) mass is 369 g/mol. The number of nitrogens with zero attached hydrogens (tertiary/aromatic N) is 5. The van der Waals surface area contributed by atoms with Crippen molar-refractivity contribution in [1.82, 2.24) is 19.4 Å². The topological polar surface area (TPSA) is 36.8 Å². The minimum Gasteiger partial charge on any atom is -0.497 e. The molecule has 3 heterocycles. The molecule has 0 amide bonds. The van der Waals surface area contributed by atoms with Gasteiger partial charge in [0.25, 0.3) is 0 Å². The van der Waals surface area contributed by atoms with Crippen LogP contribution < -0.4 is 9.64 Å². The van der Waals surface area contributed by atoms with Gasteiger partial charge in [0.2, 0.25) is 0 Å². The molecule has 0 spiro atoms. The number of hydrogen-bond acceptors (Lipinski definition) is 5. The molecular weight excluding hydrogens is 338 g/mol. The third-order valence-electron chi connectivity index (χ3n) is 6.03. The van der Waals surface area contributed by atoms with Crippen molar-refractivity contribution in [3.8, 4) is 5.75 Å². The number of hydrogen-bond donors (Lipinski definition) is 0. The normalized spacial score (nSPS) is 22.1. The van der Waals surface area contributed by atoms with Gasteiger partial charge < -0.3 is 14.2 Å². The average Bonchev–Trinajstić information content (AvgIpc) is 3.13. The zero-order chi connectivity index (χ0) is 18.6. The summed E-state index contributed by atoms with van der Waals surface area (Å²) in [5.74, 6) is 2.09. The van der Waals surface area contributed by atoms with Gasteiger partial charge in [0.05, 0.1) is 13.7 Å². The Kier molecular flexibility index (Phi) is 5.64. The maximum Gasteiger partial charge on any atom is 0.122 e. The van der Waals surface area contributed by atoms with Crippen LogP contribution >= 0.6 is 0 Å². The highest BCUT2D eigenvalue weighted by atomic mass is 16.5. The molecule has 4 rings (SSSR count). The van der Waals surface area contributed by atoms with E-state index in [1.807, 2.05) is 12.4 Å². The molecule has 146 valence electrons. The minimum absolute atomic E-state index is 0.678. The van der Waals surface area contributed by atoms with Crippen LogP contribution in [0.15, 0.2) is 36.7 Å². The Morgan fingerprint density at radius 3 is 2.52 bits per heavy atom. The van der Waals surface area contributed by atoms with Crippen molar-refractivity contribution >= 4 is 5.69 Å². The molecule has 1 unspecified atom stereocenters. The highest BCUT2D eigenvalue weighted by Gasteiger charge is 2.28. The Labute approximate surface area is 162 Å². The van der Waals surface area contributed by atoms with Crippen LogP contribution in [0.5, 0.6) is 5.75 Å². The molecule has 6 nitrogen and oxygen atoms in total. The highest BCUT2D eigenvalue weighted by Crippen LogP contribution is 2.23. The number of aryl methyl sites for hydroxylation is 1. The Morgan fingerprint density at radius 1 is 1.07 bits per heavy atom. The minimum atomic E-state index is 0.678. The number of rotatable bonds is 5. The fraction of sp³-hybridized carbons (Fsp3) is 0.571. The number of piperazine rings is 1. The fourth-order valence-corrected chi connectivity index (χ4v) is 4.36. The second-order valence-corrected chi connectivity index (χ2v) is 7.71. The Bertz CT molecular complexity index is 720. The third-order valence-corrected chi connectivity index (χ3v) is 6.03. The van der Waals surface area contributed by atoms with Crippen LogP contribution in [0.3, 0.4) is 0 Å². The molecule has 2 fully saturated rings. The van der Waals surface area contributed by atoms with Gasteiger partial charge in [0, 0.05) is 63.9 Å². The van der Waals surface area contributed by atoms with Gasteiger partial charge in [0.1, 0.15) is 11.6 Å². The molecule has 1 aromatic carbocycles. The van der Waals surface area contributed by atoms with Gasteiger partial charge in [0.15, 0.2) is 0 Å². The summed E-state index contributed by atoms with van der Waals surface area (Å²) in [6.45, 7) is 7.81. The van der Waals surface area contributed by atoms with Crippen LogP contribution in [-0.4, -0.2) is 71.8 Å². The summed E-state index contributed by atoms with van der Waals surface area (Å²) >= 11 is 0. The molecule has 1 aromatic heterocycles. The quantitative estimate of drug-likeness (QED) is 0.808.